The van der Waals surface area contributed by atoms with Crippen LogP contribution >= 0.6 is 0 Å². The maximum absolute atomic E-state index is 6.17. The van der Waals surface area contributed by atoms with Crippen molar-refractivity contribution < 1.29 is 8.83 Å². The topological polar surface area (TPSA) is 52.1 Å². The van der Waals surface area contributed by atoms with Gasteiger partial charge in [0.2, 0.25) is 0 Å². The van der Waals surface area contributed by atoms with E-state index >= 15 is 0 Å². The zero-order chi connectivity index (χ0) is 33.0. The minimum absolute atomic E-state index is 0.663. The number of hydrogen-bond donors (Lipinski definition) is 0. The molecular formula is C46H28N2O2. The molecule has 0 bridgehead atoms. The Hall–Kier alpha value is -6.78. The highest BCUT2D eigenvalue weighted by atomic mass is 16.3. The summed E-state index contributed by atoms with van der Waals surface area (Å²) < 4.78 is 12.3. The number of rotatable bonds is 5. The Balaban J connectivity index is 1.10. The summed E-state index contributed by atoms with van der Waals surface area (Å²) in [7, 11) is 0. The highest BCUT2D eigenvalue weighted by Crippen LogP contribution is 2.38. The molecule has 0 aliphatic rings. The number of hydrogen-bond acceptors (Lipinski definition) is 4. The third-order valence-corrected chi connectivity index (χ3v) is 9.54. The average molecular weight is 641 g/mol. The first kappa shape index (κ1) is 28.3. The summed E-state index contributed by atoms with van der Waals surface area (Å²) in [5.41, 5.74) is 12.8. The van der Waals surface area contributed by atoms with Crippen molar-refractivity contribution in [1.29, 1.82) is 0 Å². The molecule has 0 saturated heterocycles. The first-order valence-electron chi connectivity index (χ1n) is 16.7. The van der Waals surface area contributed by atoms with Gasteiger partial charge in [-0.3, -0.25) is 0 Å². The number of aromatic nitrogens is 2. The van der Waals surface area contributed by atoms with E-state index in [9.17, 15) is 0 Å². The van der Waals surface area contributed by atoms with Gasteiger partial charge in [-0.15, -0.1) is 0 Å². The van der Waals surface area contributed by atoms with Crippen molar-refractivity contribution in [3.05, 3.63) is 170 Å². The number of benzene rings is 7. The summed E-state index contributed by atoms with van der Waals surface area (Å²) in [6, 6.07) is 58.6. The average Bonchev–Trinajstić information content (AvgIpc) is 3.76. The maximum atomic E-state index is 6.17. The molecule has 0 N–H and O–H groups in total. The van der Waals surface area contributed by atoms with Gasteiger partial charge in [-0.05, 0) is 64.7 Å². The lowest BCUT2D eigenvalue weighted by atomic mass is 9.97. The van der Waals surface area contributed by atoms with Crippen LogP contribution in [0.2, 0.25) is 0 Å². The Morgan fingerprint density at radius 1 is 0.320 bits per heavy atom. The molecule has 0 radical (unpaired) electrons. The SMILES string of the molecule is c1ccc(-c2ccc(-c3cc(-c4ccc(-c5cccc6oc7ccccc7c56)cc4)nc(-c4ccc5oc6ccccc6c5c4)n3)cc2)cc1. The highest BCUT2D eigenvalue weighted by Gasteiger charge is 2.16. The maximum Gasteiger partial charge on any atom is 0.160 e. The van der Waals surface area contributed by atoms with Crippen LogP contribution in [0.1, 0.15) is 0 Å². The fourth-order valence-electron chi connectivity index (χ4n) is 7.04. The predicted octanol–water partition coefficient (Wildman–Crippen LogP) is 12.6. The van der Waals surface area contributed by atoms with Crippen LogP contribution in [0, 0.1) is 0 Å². The van der Waals surface area contributed by atoms with Gasteiger partial charge < -0.3 is 8.83 Å². The lowest BCUT2D eigenvalue weighted by Crippen LogP contribution is -1.96. The second-order valence-corrected chi connectivity index (χ2v) is 12.6. The first-order chi connectivity index (χ1) is 24.7. The van der Waals surface area contributed by atoms with E-state index < -0.39 is 0 Å². The molecule has 0 atom stereocenters. The van der Waals surface area contributed by atoms with E-state index in [2.05, 4.69) is 115 Å². The van der Waals surface area contributed by atoms with Gasteiger partial charge >= 0.3 is 0 Å². The van der Waals surface area contributed by atoms with Crippen LogP contribution in [-0.2, 0) is 0 Å². The minimum Gasteiger partial charge on any atom is -0.456 e. The van der Waals surface area contributed by atoms with Crippen molar-refractivity contribution in [2.75, 3.05) is 0 Å². The van der Waals surface area contributed by atoms with E-state index in [-0.39, 0.29) is 0 Å². The Bertz CT molecular complexity index is 2850. The van der Waals surface area contributed by atoms with E-state index in [1.54, 1.807) is 0 Å². The zero-order valence-electron chi connectivity index (χ0n) is 26.9. The second-order valence-electron chi connectivity index (χ2n) is 12.6. The largest absolute Gasteiger partial charge is 0.456 e. The molecule has 0 aliphatic carbocycles. The van der Waals surface area contributed by atoms with Gasteiger partial charge in [0.1, 0.15) is 22.3 Å². The molecule has 7 aromatic carbocycles. The molecular weight excluding hydrogens is 613 g/mol. The van der Waals surface area contributed by atoms with Crippen molar-refractivity contribution in [2.24, 2.45) is 0 Å². The fourth-order valence-corrected chi connectivity index (χ4v) is 7.04. The van der Waals surface area contributed by atoms with Gasteiger partial charge in [-0.25, -0.2) is 9.97 Å². The van der Waals surface area contributed by atoms with Crippen molar-refractivity contribution in [2.45, 2.75) is 0 Å². The van der Waals surface area contributed by atoms with Gasteiger partial charge in [0.25, 0.3) is 0 Å². The normalized spacial score (nSPS) is 11.6. The van der Waals surface area contributed by atoms with Crippen LogP contribution in [0.5, 0.6) is 0 Å². The molecule has 0 saturated carbocycles. The smallest absolute Gasteiger partial charge is 0.160 e. The molecule has 4 nitrogen and oxygen atoms in total. The summed E-state index contributed by atoms with van der Waals surface area (Å²) in [5.74, 6) is 0.663. The molecule has 234 valence electrons. The van der Waals surface area contributed by atoms with Crippen LogP contribution in [0.4, 0.5) is 0 Å². The van der Waals surface area contributed by atoms with Gasteiger partial charge in [0.15, 0.2) is 5.82 Å². The molecule has 50 heavy (non-hydrogen) atoms. The first-order valence-corrected chi connectivity index (χ1v) is 16.7. The predicted molar refractivity (Wildman–Crippen MR) is 204 cm³/mol. The molecule has 10 aromatic rings. The van der Waals surface area contributed by atoms with Crippen molar-refractivity contribution in [1.82, 2.24) is 9.97 Å². The van der Waals surface area contributed by atoms with Crippen molar-refractivity contribution >= 4 is 43.9 Å². The molecule has 0 unspecified atom stereocenters. The Kier molecular flexibility index (Phi) is 6.46. The van der Waals surface area contributed by atoms with Crippen LogP contribution in [0.25, 0.3) is 100 Å². The third kappa shape index (κ3) is 4.77. The molecule has 3 aromatic heterocycles. The summed E-state index contributed by atoms with van der Waals surface area (Å²) >= 11 is 0. The van der Waals surface area contributed by atoms with Crippen LogP contribution < -0.4 is 0 Å². The minimum atomic E-state index is 0.663. The second kappa shape index (κ2) is 11.4. The fraction of sp³-hybridized carbons (Fsp3) is 0. The van der Waals surface area contributed by atoms with E-state index in [0.717, 1.165) is 88.6 Å². The molecule has 10 rings (SSSR count). The van der Waals surface area contributed by atoms with Crippen LogP contribution in [0.3, 0.4) is 0 Å². The number of para-hydroxylation sites is 2. The Labute approximate surface area is 287 Å². The van der Waals surface area contributed by atoms with Crippen molar-refractivity contribution in [3.63, 3.8) is 0 Å². The highest BCUT2D eigenvalue weighted by molar-refractivity contribution is 6.12. The van der Waals surface area contributed by atoms with E-state index in [0.29, 0.717) is 5.82 Å². The summed E-state index contributed by atoms with van der Waals surface area (Å²) in [5, 5.41) is 4.37. The van der Waals surface area contributed by atoms with Crippen molar-refractivity contribution in [3.8, 4) is 56.2 Å². The summed E-state index contributed by atoms with van der Waals surface area (Å²) in [4.78, 5) is 10.3. The van der Waals surface area contributed by atoms with E-state index in [4.69, 9.17) is 18.8 Å². The lowest BCUT2D eigenvalue weighted by molar-refractivity contribution is 0.668. The summed E-state index contributed by atoms with van der Waals surface area (Å²) in [6.45, 7) is 0. The Morgan fingerprint density at radius 2 is 0.840 bits per heavy atom. The van der Waals surface area contributed by atoms with E-state index in [1.165, 1.54) is 5.56 Å². The lowest BCUT2D eigenvalue weighted by Gasteiger charge is -2.11. The molecule has 0 amide bonds. The molecule has 0 spiro atoms. The van der Waals surface area contributed by atoms with Gasteiger partial charge in [-0.1, -0.05) is 127 Å². The number of fused-ring (bicyclic) bond motifs is 6. The standard InChI is InChI=1S/C46H28N2O2/c1-2-9-29(10-3-1)30-17-21-32(22-18-30)39-28-40(48-46(47-39)34-25-26-43-38(27-34)36-11-4-6-14-41(36)49-43)33-23-19-31(20-24-33)35-13-8-16-44-45(35)37-12-5-7-15-42(37)50-44/h1-28H. The summed E-state index contributed by atoms with van der Waals surface area (Å²) in [6.07, 6.45) is 0. The molecule has 0 aliphatic heterocycles. The van der Waals surface area contributed by atoms with Crippen LogP contribution in [-0.4, -0.2) is 9.97 Å². The molecule has 3 heterocycles. The molecule has 0 fully saturated rings. The van der Waals surface area contributed by atoms with E-state index in [1.807, 2.05) is 54.6 Å². The monoisotopic (exact) mass is 640 g/mol. The molecule has 4 heteroatoms. The quantitative estimate of drug-likeness (QED) is 0.188. The van der Waals surface area contributed by atoms with Gasteiger partial charge in [0, 0.05) is 38.2 Å². The van der Waals surface area contributed by atoms with Crippen LogP contribution in [0.15, 0.2) is 179 Å². The zero-order valence-corrected chi connectivity index (χ0v) is 26.9. The number of furan rings is 2. The van der Waals surface area contributed by atoms with Gasteiger partial charge in [-0.2, -0.15) is 0 Å². The third-order valence-electron chi connectivity index (χ3n) is 9.54. The van der Waals surface area contributed by atoms with Gasteiger partial charge in [0.05, 0.1) is 11.4 Å². The Morgan fingerprint density at radius 3 is 1.58 bits per heavy atom. The number of nitrogens with zero attached hydrogens (tertiary/aromatic N) is 2.